The van der Waals surface area contributed by atoms with E-state index in [9.17, 15) is 4.79 Å². The molecule has 1 saturated carbocycles. The lowest BCUT2D eigenvalue weighted by Gasteiger charge is -2.38. The molecule has 212 valence electrons. The van der Waals surface area contributed by atoms with E-state index in [-0.39, 0.29) is 11.6 Å². The fraction of sp³-hybridized carbons (Fsp3) is 0.424. The van der Waals surface area contributed by atoms with Crippen molar-refractivity contribution >= 4 is 29.2 Å². The van der Waals surface area contributed by atoms with Crippen LogP contribution in [0.25, 0.3) is 0 Å². The third kappa shape index (κ3) is 7.18. The van der Waals surface area contributed by atoms with Crippen LogP contribution < -0.4 is 4.74 Å². The summed E-state index contributed by atoms with van der Waals surface area (Å²) >= 11 is 12.7. The van der Waals surface area contributed by atoms with Gasteiger partial charge in [0.2, 0.25) is 0 Å². The Balaban J connectivity index is 1.26. The largest absolute Gasteiger partial charge is 0.493 e. The number of hydrogen-bond acceptors (Lipinski definition) is 4. The van der Waals surface area contributed by atoms with E-state index in [1.807, 2.05) is 36.4 Å². The minimum absolute atomic E-state index is 0.0226. The molecule has 0 amide bonds. The van der Waals surface area contributed by atoms with Gasteiger partial charge in [0.25, 0.3) is 0 Å². The van der Waals surface area contributed by atoms with E-state index in [2.05, 4.69) is 17.0 Å². The number of carbonyl (C=O) groups excluding carboxylic acids is 1. The first-order valence-corrected chi connectivity index (χ1v) is 14.8. The molecule has 1 saturated heterocycles. The lowest BCUT2D eigenvalue weighted by atomic mass is 9.91. The molecule has 2 fully saturated rings. The van der Waals surface area contributed by atoms with Gasteiger partial charge in [0, 0.05) is 16.1 Å². The van der Waals surface area contributed by atoms with Crippen LogP contribution in [0.15, 0.2) is 60.7 Å². The van der Waals surface area contributed by atoms with Crippen LogP contribution in [0, 0.1) is 11.7 Å². The molecular formula is C33H36Cl2FNO3. The van der Waals surface area contributed by atoms with Crippen molar-refractivity contribution in [3.63, 3.8) is 0 Å². The number of nitrogens with zero attached hydrogens (tertiary/aromatic N) is 1. The zero-order valence-corrected chi connectivity index (χ0v) is 24.8. The Morgan fingerprint density at radius 1 is 0.950 bits per heavy atom. The Bertz CT molecular complexity index is 1310. The van der Waals surface area contributed by atoms with Crippen molar-refractivity contribution in [1.29, 1.82) is 0 Å². The normalized spacial score (nSPS) is 16.8. The van der Waals surface area contributed by atoms with Gasteiger partial charge in [-0.2, -0.15) is 0 Å². The average molecular weight is 585 g/mol. The second kappa shape index (κ2) is 12.1. The average Bonchev–Trinajstić information content (AvgIpc) is 3.73. The highest BCUT2D eigenvalue weighted by Crippen LogP contribution is 2.45. The molecule has 0 N–H and O–H groups in total. The zero-order chi connectivity index (χ0) is 28.4. The lowest BCUT2D eigenvalue weighted by Crippen LogP contribution is -2.38. The van der Waals surface area contributed by atoms with E-state index >= 15 is 4.39 Å². The van der Waals surface area contributed by atoms with E-state index in [0.29, 0.717) is 34.2 Å². The predicted molar refractivity (Wildman–Crippen MR) is 158 cm³/mol. The Morgan fingerprint density at radius 2 is 1.55 bits per heavy atom. The van der Waals surface area contributed by atoms with Gasteiger partial charge in [0.05, 0.1) is 18.2 Å². The van der Waals surface area contributed by atoms with Gasteiger partial charge < -0.3 is 9.47 Å². The minimum atomic E-state index is -0.689. The number of piperidine rings is 1. The van der Waals surface area contributed by atoms with Crippen LogP contribution in [-0.4, -0.2) is 36.2 Å². The van der Waals surface area contributed by atoms with Gasteiger partial charge in [-0.05, 0) is 118 Å². The summed E-state index contributed by atoms with van der Waals surface area (Å²) in [5.41, 5.74) is 2.47. The maximum Gasteiger partial charge on any atom is 0.341 e. The SMILES string of the molecule is CC(C)(C)OC(=O)c1cc(C2CC2)c(OCC2CCN(C(c3cccc(Cl)c3)c3cccc(Cl)c3)CC2)cc1F. The van der Waals surface area contributed by atoms with E-state index in [4.69, 9.17) is 32.7 Å². The monoisotopic (exact) mass is 583 g/mol. The summed E-state index contributed by atoms with van der Waals surface area (Å²) in [7, 11) is 0. The Labute approximate surface area is 246 Å². The third-order valence-corrected chi connectivity index (χ3v) is 8.02. The van der Waals surface area contributed by atoms with Gasteiger partial charge in [-0.15, -0.1) is 0 Å². The molecule has 1 heterocycles. The summed E-state index contributed by atoms with van der Waals surface area (Å²) in [6.45, 7) is 7.62. The summed E-state index contributed by atoms with van der Waals surface area (Å²) in [4.78, 5) is 15.1. The minimum Gasteiger partial charge on any atom is -0.493 e. The van der Waals surface area contributed by atoms with Crippen molar-refractivity contribution in [3.8, 4) is 5.75 Å². The standard InChI is InChI=1S/C33H36Cl2FNO3/c1-33(2,3)40-32(38)28-18-27(22-10-11-22)30(19-29(28)36)39-20-21-12-14-37(15-13-21)31(23-6-4-8-25(34)16-23)24-7-5-9-26(35)17-24/h4-9,16-19,21-22,31H,10-15,20H2,1-3H3. The van der Waals surface area contributed by atoms with Crippen LogP contribution in [-0.2, 0) is 4.74 Å². The van der Waals surface area contributed by atoms with Gasteiger partial charge in [0.15, 0.2) is 0 Å². The number of esters is 1. The second-order valence-electron chi connectivity index (χ2n) is 11.9. The first kappa shape index (κ1) is 28.9. The van der Waals surface area contributed by atoms with Crippen LogP contribution in [0.2, 0.25) is 10.0 Å². The maximum absolute atomic E-state index is 15.0. The molecule has 5 rings (SSSR count). The number of benzene rings is 3. The van der Waals surface area contributed by atoms with E-state index < -0.39 is 17.4 Å². The van der Waals surface area contributed by atoms with Gasteiger partial charge in [-0.25, -0.2) is 9.18 Å². The summed E-state index contributed by atoms with van der Waals surface area (Å²) in [5, 5.41) is 1.42. The third-order valence-electron chi connectivity index (χ3n) is 7.55. The number of likely N-dealkylation sites (tertiary alicyclic amines) is 1. The van der Waals surface area contributed by atoms with E-state index in [0.717, 1.165) is 55.5 Å². The van der Waals surface area contributed by atoms with Crippen LogP contribution in [0.5, 0.6) is 5.75 Å². The predicted octanol–water partition coefficient (Wildman–Crippen LogP) is 8.85. The van der Waals surface area contributed by atoms with E-state index in [1.165, 1.54) is 6.07 Å². The van der Waals surface area contributed by atoms with Crippen molar-refractivity contribution < 1.29 is 18.7 Å². The zero-order valence-electron chi connectivity index (χ0n) is 23.3. The quantitative estimate of drug-likeness (QED) is 0.248. The van der Waals surface area contributed by atoms with Crippen LogP contribution in [0.1, 0.15) is 85.5 Å². The molecule has 3 aromatic rings. The molecule has 2 aliphatic rings. The molecule has 1 aliphatic carbocycles. The highest BCUT2D eigenvalue weighted by molar-refractivity contribution is 6.31. The molecule has 3 aromatic carbocycles. The lowest BCUT2D eigenvalue weighted by molar-refractivity contribution is 0.00644. The molecule has 0 unspecified atom stereocenters. The molecule has 4 nitrogen and oxygen atoms in total. The molecule has 0 radical (unpaired) electrons. The fourth-order valence-electron chi connectivity index (χ4n) is 5.45. The van der Waals surface area contributed by atoms with Crippen molar-refractivity contribution in [1.82, 2.24) is 4.90 Å². The van der Waals surface area contributed by atoms with Gasteiger partial charge in [0.1, 0.15) is 17.2 Å². The Morgan fingerprint density at radius 3 is 2.08 bits per heavy atom. The smallest absolute Gasteiger partial charge is 0.341 e. The van der Waals surface area contributed by atoms with Gasteiger partial charge >= 0.3 is 5.97 Å². The number of ether oxygens (including phenoxy) is 2. The van der Waals surface area contributed by atoms with Gasteiger partial charge in [-0.3, -0.25) is 4.90 Å². The van der Waals surface area contributed by atoms with Crippen molar-refractivity contribution in [2.75, 3.05) is 19.7 Å². The van der Waals surface area contributed by atoms with Gasteiger partial charge in [-0.1, -0.05) is 47.5 Å². The number of halogens is 3. The maximum atomic E-state index is 15.0. The highest BCUT2D eigenvalue weighted by Gasteiger charge is 2.32. The summed E-state index contributed by atoms with van der Waals surface area (Å²) < 4.78 is 26.7. The first-order valence-electron chi connectivity index (χ1n) is 14.0. The molecule has 0 atom stereocenters. The molecule has 0 spiro atoms. The number of carbonyl (C=O) groups is 1. The summed E-state index contributed by atoms with van der Waals surface area (Å²) in [6, 6.07) is 19.1. The molecular weight excluding hydrogens is 548 g/mol. The number of rotatable bonds is 8. The van der Waals surface area contributed by atoms with E-state index in [1.54, 1.807) is 26.8 Å². The van der Waals surface area contributed by atoms with Crippen molar-refractivity contribution in [3.05, 3.63) is 98.8 Å². The first-order chi connectivity index (χ1) is 19.1. The Hall–Kier alpha value is -2.60. The Kier molecular flexibility index (Phi) is 8.75. The molecule has 40 heavy (non-hydrogen) atoms. The molecule has 0 aromatic heterocycles. The van der Waals surface area contributed by atoms with Crippen molar-refractivity contribution in [2.24, 2.45) is 5.92 Å². The molecule has 1 aliphatic heterocycles. The van der Waals surface area contributed by atoms with Crippen LogP contribution in [0.4, 0.5) is 4.39 Å². The molecule has 0 bridgehead atoms. The van der Waals surface area contributed by atoms with Crippen LogP contribution in [0.3, 0.4) is 0 Å². The second-order valence-corrected chi connectivity index (χ2v) is 12.8. The summed E-state index contributed by atoms with van der Waals surface area (Å²) in [6.07, 6.45) is 3.94. The molecule has 7 heteroatoms. The summed E-state index contributed by atoms with van der Waals surface area (Å²) in [5.74, 6) is -0.0503. The van der Waals surface area contributed by atoms with Crippen LogP contribution >= 0.6 is 23.2 Å². The highest BCUT2D eigenvalue weighted by atomic mass is 35.5. The fourth-order valence-corrected chi connectivity index (χ4v) is 5.85. The topological polar surface area (TPSA) is 38.8 Å². The van der Waals surface area contributed by atoms with Crippen molar-refractivity contribution in [2.45, 2.75) is 64.0 Å². The number of hydrogen-bond donors (Lipinski definition) is 0.